The van der Waals surface area contributed by atoms with Gasteiger partial charge in [-0.2, -0.15) is 0 Å². The molecule has 0 fully saturated rings. The lowest BCUT2D eigenvalue weighted by Crippen LogP contribution is -1.91. The second-order valence-corrected chi connectivity index (χ2v) is 9.34. The Morgan fingerprint density at radius 2 is 0.667 bits per heavy atom. The minimum Gasteiger partial charge on any atom is -0.0616 e. The molecule has 7 aromatic rings. The van der Waals surface area contributed by atoms with Crippen molar-refractivity contribution in [3.05, 3.63) is 146 Å². The molecule has 0 nitrogen and oxygen atoms in total. The van der Waals surface area contributed by atoms with E-state index in [1.807, 2.05) is 0 Å². The summed E-state index contributed by atoms with van der Waals surface area (Å²) in [6, 6.07) is 52.8. The molecule has 0 bridgehead atoms. The predicted molar refractivity (Wildman–Crippen MR) is 155 cm³/mol. The summed E-state index contributed by atoms with van der Waals surface area (Å²) in [5.41, 5.74) is 7.54. The van der Waals surface area contributed by atoms with Crippen LogP contribution in [0.1, 0.15) is 0 Å². The second-order valence-electron chi connectivity index (χ2n) is 9.34. The highest BCUT2D eigenvalue weighted by Gasteiger charge is 2.15. The van der Waals surface area contributed by atoms with Crippen molar-refractivity contribution in [1.82, 2.24) is 0 Å². The Kier molecular flexibility index (Phi) is 4.89. The number of fused-ring (bicyclic) bond motifs is 3. The van der Waals surface area contributed by atoms with Crippen LogP contribution in [0.5, 0.6) is 0 Å². The molecule has 0 unspecified atom stereocenters. The van der Waals surface area contributed by atoms with E-state index in [9.17, 15) is 0 Å². The third kappa shape index (κ3) is 3.39. The molecule has 0 aliphatic carbocycles. The van der Waals surface area contributed by atoms with Crippen LogP contribution < -0.4 is 0 Å². The quantitative estimate of drug-likeness (QED) is 0.248. The Morgan fingerprint density at radius 3 is 1.22 bits per heavy atom. The van der Waals surface area contributed by atoms with Crippen LogP contribution in [0.3, 0.4) is 0 Å². The Morgan fingerprint density at radius 1 is 0.250 bits per heavy atom. The molecule has 0 radical (unpaired) electrons. The van der Waals surface area contributed by atoms with Crippen LogP contribution in [0.4, 0.5) is 0 Å². The average Bonchev–Trinajstić information content (AvgIpc) is 2.96. The van der Waals surface area contributed by atoms with Crippen molar-refractivity contribution in [1.29, 1.82) is 0 Å². The molecule has 168 valence electrons. The number of hydrogen-bond acceptors (Lipinski definition) is 0. The summed E-state index contributed by atoms with van der Waals surface area (Å²) in [5, 5.41) is 7.61. The number of rotatable bonds is 3. The third-order valence-electron chi connectivity index (χ3n) is 7.28. The van der Waals surface area contributed by atoms with E-state index in [0.717, 1.165) is 0 Å². The fourth-order valence-electron chi connectivity index (χ4n) is 5.57. The van der Waals surface area contributed by atoms with Crippen molar-refractivity contribution in [2.24, 2.45) is 0 Å². The zero-order valence-corrected chi connectivity index (χ0v) is 19.9. The smallest absolute Gasteiger partial charge is 0.00928 e. The second kappa shape index (κ2) is 8.52. The maximum atomic E-state index is 2.39. The van der Waals surface area contributed by atoms with E-state index in [0.29, 0.717) is 0 Å². The Bertz CT molecular complexity index is 1870. The van der Waals surface area contributed by atoms with Gasteiger partial charge in [0.1, 0.15) is 0 Å². The highest BCUT2D eigenvalue weighted by molar-refractivity contribution is 6.07. The van der Waals surface area contributed by atoms with Gasteiger partial charge in [-0.1, -0.05) is 140 Å². The van der Waals surface area contributed by atoms with Gasteiger partial charge in [-0.15, -0.1) is 0 Å². The molecule has 7 aromatic carbocycles. The lowest BCUT2D eigenvalue weighted by Gasteiger charge is -2.17. The first-order valence-electron chi connectivity index (χ1n) is 12.5. The van der Waals surface area contributed by atoms with Crippen molar-refractivity contribution in [2.45, 2.75) is 0 Å². The van der Waals surface area contributed by atoms with E-state index in [-0.39, 0.29) is 0 Å². The van der Waals surface area contributed by atoms with Crippen molar-refractivity contribution in [2.75, 3.05) is 0 Å². The summed E-state index contributed by atoms with van der Waals surface area (Å²) in [5.74, 6) is 0. The summed E-state index contributed by atoms with van der Waals surface area (Å²) < 4.78 is 0. The zero-order valence-electron chi connectivity index (χ0n) is 19.9. The molecule has 0 saturated carbocycles. The summed E-state index contributed by atoms with van der Waals surface area (Å²) in [7, 11) is 0. The molecule has 0 spiro atoms. The summed E-state index contributed by atoms with van der Waals surface area (Å²) in [6.45, 7) is 0. The van der Waals surface area contributed by atoms with Crippen LogP contribution in [0, 0.1) is 0 Å². The molecule has 0 aliphatic heterocycles. The highest BCUT2D eigenvalue weighted by Crippen LogP contribution is 2.42. The Hall–Kier alpha value is -4.68. The highest BCUT2D eigenvalue weighted by atomic mass is 14.2. The van der Waals surface area contributed by atoms with E-state index < -0.39 is 0 Å². The molecule has 0 saturated heterocycles. The largest absolute Gasteiger partial charge is 0.0616 e. The Labute approximate surface area is 211 Å². The van der Waals surface area contributed by atoms with Gasteiger partial charge >= 0.3 is 0 Å². The molecule has 0 aliphatic rings. The van der Waals surface area contributed by atoms with E-state index in [1.165, 1.54) is 65.7 Å². The molecule has 0 heterocycles. The van der Waals surface area contributed by atoms with E-state index >= 15 is 0 Å². The summed E-state index contributed by atoms with van der Waals surface area (Å²) in [4.78, 5) is 0. The molecular formula is C36H24. The minimum atomic E-state index is 1.23. The molecule has 0 N–H and O–H groups in total. The van der Waals surface area contributed by atoms with Crippen molar-refractivity contribution >= 4 is 32.3 Å². The molecule has 0 amide bonds. The fourth-order valence-corrected chi connectivity index (χ4v) is 5.57. The van der Waals surface area contributed by atoms with E-state index in [2.05, 4.69) is 146 Å². The van der Waals surface area contributed by atoms with Gasteiger partial charge in [0.05, 0.1) is 0 Å². The van der Waals surface area contributed by atoms with Crippen LogP contribution in [-0.2, 0) is 0 Å². The van der Waals surface area contributed by atoms with Crippen LogP contribution in [-0.4, -0.2) is 0 Å². The molecule has 36 heavy (non-hydrogen) atoms. The maximum Gasteiger partial charge on any atom is -0.00928 e. The van der Waals surface area contributed by atoms with Gasteiger partial charge in [0.15, 0.2) is 0 Å². The van der Waals surface area contributed by atoms with Crippen molar-refractivity contribution in [3.63, 3.8) is 0 Å². The molecule has 7 rings (SSSR count). The first-order chi connectivity index (χ1) is 17.9. The summed E-state index contributed by atoms with van der Waals surface area (Å²) in [6.07, 6.45) is 0. The standard InChI is InChI=1S/C36H24/c1-4-16-29-25(10-1)13-7-19-32(29)28-22-23-35(33-20-8-14-26-11-2-5-17-30(26)33)36(24-28)34-21-9-15-27-12-3-6-18-31(27)34/h1-24H. The minimum absolute atomic E-state index is 1.23. The number of benzene rings is 7. The normalized spacial score (nSPS) is 11.3. The van der Waals surface area contributed by atoms with Crippen molar-refractivity contribution in [3.8, 4) is 33.4 Å². The van der Waals surface area contributed by atoms with Crippen molar-refractivity contribution < 1.29 is 0 Å². The van der Waals surface area contributed by atoms with Crippen LogP contribution >= 0.6 is 0 Å². The van der Waals surface area contributed by atoms with Crippen LogP contribution in [0.2, 0.25) is 0 Å². The van der Waals surface area contributed by atoms with Crippen LogP contribution in [0.25, 0.3) is 65.7 Å². The van der Waals surface area contributed by atoms with E-state index in [1.54, 1.807) is 0 Å². The third-order valence-corrected chi connectivity index (χ3v) is 7.28. The molecule has 0 atom stereocenters. The first-order valence-corrected chi connectivity index (χ1v) is 12.5. The number of hydrogen-bond donors (Lipinski definition) is 0. The van der Waals surface area contributed by atoms with Gasteiger partial charge in [0.2, 0.25) is 0 Å². The van der Waals surface area contributed by atoms with Gasteiger partial charge in [-0.05, 0) is 71.8 Å². The van der Waals surface area contributed by atoms with E-state index in [4.69, 9.17) is 0 Å². The maximum absolute atomic E-state index is 2.39. The lowest BCUT2D eigenvalue weighted by molar-refractivity contribution is 1.60. The van der Waals surface area contributed by atoms with Gasteiger partial charge in [0, 0.05) is 0 Å². The fraction of sp³-hybridized carbons (Fsp3) is 0. The van der Waals surface area contributed by atoms with Gasteiger partial charge in [-0.25, -0.2) is 0 Å². The molecule has 0 aromatic heterocycles. The summed E-state index contributed by atoms with van der Waals surface area (Å²) >= 11 is 0. The monoisotopic (exact) mass is 456 g/mol. The zero-order chi connectivity index (χ0) is 23.9. The lowest BCUT2D eigenvalue weighted by atomic mass is 9.86. The SMILES string of the molecule is c1ccc2c(-c3ccc(-c4cccc5ccccc45)c(-c4cccc5ccccc45)c3)cccc2c1. The average molecular weight is 457 g/mol. The predicted octanol–water partition coefficient (Wildman–Crippen LogP) is 10.1. The van der Waals surface area contributed by atoms with Crippen LogP contribution in [0.15, 0.2) is 146 Å². The topological polar surface area (TPSA) is 0 Å². The molecule has 0 heteroatoms. The van der Waals surface area contributed by atoms with Gasteiger partial charge in [-0.3, -0.25) is 0 Å². The first kappa shape index (κ1) is 20.7. The Balaban J connectivity index is 1.56. The van der Waals surface area contributed by atoms with Gasteiger partial charge < -0.3 is 0 Å². The van der Waals surface area contributed by atoms with Gasteiger partial charge in [0.25, 0.3) is 0 Å². The molecular weight excluding hydrogens is 432 g/mol.